The van der Waals surface area contributed by atoms with Gasteiger partial charge in [-0.15, -0.1) is 11.3 Å². The number of amides is 2. The fraction of sp³-hybridized carbons (Fsp3) is 0.440. The summed E-state index contributed by atoms with van der Waals surface area (Å²) in [6.45, 7) is 8.22. The van der Waals surface area contributed by atoms with E-state index < -0.39 is 0 Å². The minimum atomic E-state index is -0.307. The molecule has 5 rings (SSSR count). The number of aryl methyl sites for hydroxylation is 1. The lowest BCUT2D eigenvalue weighted by molar-refractivity contribution is -0.119. The van der Waals surface area contributed by atoms with Crippen molar-refractivity contribution in [2.24, 2.45) is 5.73 Å². The molecule has 10 heteroatoms. The molecule has 1 aliphatic rings. The van der Waals surface area contributed by atoms with E-state index in [0.29, 0.717) is 0 Å². The van der Waals surface area contributed by atoms with Crippen LogP contribution in [0.4, 0.5) is 0 Å². The summed E-state index contributed by atoms with van der Waals surface area (Å²) in [5, 5.41) is 4.32. The highest BCUT2D eigenvalue weighted by molar-refractivity contribution is 7.21. The number of rotatable bonds is 6. The van der Waals surface area contributed by atoms with E-state index in [9.17, 15) is 9.59 Å². The van der Waals surface area contributed by atoms with Crippen LogP contribution in [0, 0.1) is 6.92 Å². The van der Waals surface area contributed by atoms with Crippen molar-refractivity contribution in [3.05, 3.63) is 40.7 Å². The van der Waals surface area contributed by atoms with E-state index in [0.717, 1.165) is 63.5 Å². The van der Waals surface area contributed by atoms with Crippen LogP contribution >= 0.6 is 11.3 Å². The lowest BCUT2D eigenvalue weighted by Crippen LogP contribution is -2.47. The van der Waals surface area contributed by atoms with Gasteiger partial charge in [-0.2, -0.15) is 5.10 Å². The smallest absolute Gasteiger partial charge is 0.264 e. The third-order valence-corrected chi connectivity index (χ3v) is 8.10. The van der Waals surface area contributed by atoms with Gasteiger partial charge in [-0.1, -0.05) is 13.8 Å². The first kappa shape index (κ1) is 23.5. The maximum atomic E-state index is 13.4. The standard InChI is InChI=1S/C25H31N7O2S/c1-14(2)21-22(16-9-15(3)24-27-13-28-32(24)11-16)29-18-10-19(35-23(18)21)25(34)30(4)17-5-7-31(8-6-17)12-20(26)33/h9-11,13-14,17,29H,5-8,12H2,1-4H3,(H2,26,33). The maximum absolute atomic E-state index is 13.4. The van der Waals surface area contributed by atoms with Gasteiger partial charge in [0, 0.05) is 37.9 Å². The molecule has 0 unspecified atom stereocenters. The molecule has 0 saturated carbocycles. The van der Waals surface area contributed by atoms with Gasteiger partial charge < -0.3 is 15.6 Å². The first-order chi connectivity index (χ1) is 16.7. The molecule has 1 aliphatic heterocycles. The molecule has 9 nitrogen and oxygen atoms in total. The first-order valence-corrected chi connectivity index (χ1v) is 12.8. The Morgan fingerprint density at radius 2 is 2.03 bits per heavy atom. The Morgan fingerprint density at radius 1 is 1.29 bits per heavy atom. The number of H-pyrrole nitrogens is 1. The zero-order valence-electron chi connectivity index (χ0n) is 20.5. The van der Waals surface area contributed by atoms with Crippen LogP contribution in [0.15, 0.2) is 24.7 Å². The lowest BCUT2D eigenvalue weighted by Gasteiger charge is -2.36. The van der Waals surface area contributed by atoms with Gasteiger partial charge in [0.25, 0.3) is 5.91 Å². The molecule has 5 heterocycles. The molecule has 0 spiro atoms. The number of fused-ring (bicyclic) bond motifs is 2. The number of nitrogens with one attached hydrogen (secondary N) is 1. The van der Waals surface area contributed by atoms with Crippen molar-refractivity contribution >= 4 is 39.0 Å². The molecule has 1 fully saturated rings. The molecule has 3 N–H and O–H groups in total. The number of piperidine rings is 1. The Bertz CT molecular complexity index is 1410. The summed E-state index contributed by atoms with van der Waals surface area (Å²) >= 11 is 1.56. The van der Waals surface area contributed by atoms with Crippen molar-refractivity contribution in [3.63, 3.8) is 0 Å². The number of nitrogens with two attached hydrogens (primary N) is 1. The molecular formula is C25H31N7O2S. The van der Waals surface area contributed by atoms with Gasteiger partial charge >= 0.3 is 0 Å². The van der Waals surface area contributed by atoms with Crippen LogP contribution in [0.1, 0.15) is 53.4 Å². The fourth-order valence-corrected chi connectivity index (χ4v) is 6.43. The summed E-state index contributed by atoms with van der Waals surface area (Å²) in [7, 11) is 1.88. The number of pyridine rings is 1. The van der Waals surface area contributed by atoms with Crippen molar-refractivity contribution in [1.82, 2.24) is 29.4 Å². The second-order valence-corrected chi connectivity index (χ2v) is 10.8. The van der Waals surface area contributed by atoms with Gasteiger partial charge in [0.05, 0.1) is 27.3 Å². The minimum absolute atomic E-state index is 0.0455. The van der Waals surface area contributed by atoms with E-state index >= 15 is 0 Å². The van der Waals surface area contributed by atoms with Gasteiger partial charge in [-0.05, 0) is 48.9 Å². The summed E-state index contributed by atoms with van der Waals surface area (Å²) in [5.74, 6) is 0.0155. The van der Waals surface area contributed by atoms with Crippen LogP contribution in [0.25, 0.3) is 27.1 Å². The largest absolute Gasteiger partial charge is 0.369 e. The predicted molar refractivity (Wildman–Crippen MR) is 138 cm³/mol. The third kappa shape index (κ3) is 4.32. The Balaban J connectivity index is 1.42. The zero-order valence-corrected chi connectivity index (χ0v) is 21.4. The molecule has 2 amide bonds. The molecule has 0 atom stereocenters. The second-order valence-electron chi connectivity index (χ2n) is 9.75. The Kier molecular flexibility index (Phi) is 6.10. The minimum Gasteiger partial charge on any atom is -0.369 e. The monoisotopic (exact) mass is 493 g/mol. The molecule has 35 heavy (non-hydrogen) atoms. The van der Waals surface area contributed by atoms with Crippen LogP contribution in [-0.4, -0.2) is 73.9 Å². The molecule has 0 radical (unpaired) electrons. The zero-order chi connectivity index (χ0) is 24.9. The molecular weight excluding hydrogens is 462 g/mol. The highest BCUT2D eigenvalue weighted by Gasteiger charge is 2.28. The fourth-order valence-electron chi connectivity index (χ4n) is 5.14. The third-order valence-electron chi connectivity index (χ3n) is 6.95. The molecule has 0 bridgehead atoms. The predicted octanol–water partition coefficient (Wildman–Crippen LogP) is 3.39. The average Bonchev–Trinajstić information content (AvgIpc) is 3.52. The van der Waals surface area contributed by atoms with Crippen molar-refractivity contribution in [3.8, 4) is 11.3 Å². The summed E-state index contributed by atoms with van der Waals surface area (Å²) in [6.07, 6.45) is 5.24. The highest BCUT2D eigenvalue weighted by Crippen LogP contribution is 2.40. The van der Waals surface area contributed by atoms with Gasteiger partial charge in [0.15, 0.2) is 5.65 Å². The summed E-state index contributed by atoms with van der Waals surface area (Å²) in [5.41, 5.74) is 11.6. The number of thiophene rings is 1. The molecule has 0 aromatic carbocycles. The number of primary amides is 1. The number of likely N-dealkylation sites (tertiary alicyclic amines) is 1. The second kappa shape index (κ2) is 9.09. The van der Waals surface area contributed by atoms with Crippen LogP contribution in [-0.2, 0) is 4.79 Å². The SMILES string of the molecule is Cc1cc(-c2[nH]c3cc(C(=O)N(C)C4CCN(CC(N)=O)CC4)sc3c2C(C)C)cn2ncnc12. The van der Waals surface area contributed by atoms with E-state index in [1.54, 1.807) is 17.7 Å². The Hall–Kier alpha value is -3.24. The van der Waals surface area contributed by atoms with E-state index in [2.05, 4.69) is 39.9 Å². The van der Waals surface area contributed by atoms with Gasteiger partial charge in [-0.3, -0.25) is 14.5 Å². The average molecular weight is 494 g/mol. The van der Waals surface area contributed by atoms with Crippen molar-refractivity contribution in [1.29, 1.82) is 0 Å². The van der Waals surface area contributed by atoms with Gasteiger partial charge in [0.1, 0.15) is 6.33 Å². The molecule has 0 aliphatic carbocycles. The molecule has 1 saturated heterocycles. The lowest BCUT2D eigenvalue weighted by atomic mass is 9.99. The number of aromatic nitrogens is 4. The number of nitrogens with zero attached hydrogens (tertiary/aromatic N) is 5. The highest BCUT2D eigenvalue weighted by atomic mass is 32.1. The van der Waals surface area contributed by atoms with Crippen LogP contribution < -0.4 is 5.73 Å². The summed E-state index contributed by atoms with van der Waals surface area (Å²) in [4.78, 5) is 37.2. The first-order valence-electron chi connectivity index (χ1n) is 12.0. The molecule has 184 valence electrons. The van der Waals surface area contributed by atoms with E-state index in [1.807, 2.05) is 35.6 Å². The van der Waals surface area contributed by atoms with E-state index in [1.165, 1.54) is 5.56 Å². The van der Waals surface area contributed by atoms with E-state index in [-0.39, 0.29) is 30.3 Å². The topological polar surface area (TPSA) is 113 Å². The number of carbonyl (C=O) groups excluding carboxylic acids is 2. The Labute approximate surface area is 207 Å². The number of carbonyl (C=O) groups is 2. The van der Waals surface area contributed by atoms with Crippen LogP contribution in [0.5, 0.6) is 0 Å². The van der Waals surface area contributed by atoms with Gasteiger partial charge in [0.2, 0.25) is 5.91 Å². The van der Waals surface area contributed by atoms with E-state index in [4.69, 9.17) is 5.73 Å². The summed E-state index contributed by atoms with van der Waals surface area (Å²) < 4.78 is 2.93. The number of hydrogen-bond acceptors (Lipinski definition) is 6. The van der Waals surface area contributed by atoms with Crippen molar-refractivity contribution in [2.75, 3.05) is 26.7 Å². The van der Waals surface area contributed by atoms with Crippen molar-refractivity contribution < 1.29 is 9.59 Å². The molecule has 4 aromatic rings. The number of hydrogen-bond donors (Lipinski definition) is 2. The Morgan fingerprint density at radius 3 is 2.71 bits per heavy atom. The van der Waals surface area contributed by atoms with Gasteiger partial charge in [-0.25, -0.2) is 9.50 Å². The van der Waals surface area contributed by atoms with Crippen LogP contribution in [0.2, 0.25) is 0 Å². The van der Waals surface area contributed by atoms with Crippen LogP contribution in [0.3, 0.4) is 0 Å². The quantitative estimate of drug-likeness (QED) is 0.428. The summed E-state index contributed by atoms with van der Waals surface area (Å²) in [6, 6.07) is 4.28. The number of aromatic amines is 1. The normalized spacial score (nSPS) is 15.5. The molecule has 4 aromatic heterocycles. The van der Waals surface area contributed by atoms with Crippen molar-refractivity contribution in [2.45, 2.75) is 45.6 Å². The maximum Gasteiger partial charge on any atom is 0.264 e.